The van der Waals surface area contributed by atoms with E-state index in [4.69, 9.17) is 10.8 Å². The minimum absolute atomic E-state index is 0.0106. The molecule has 0 aliphatic rings. The highest BCUT2D eigenvalue weighted by atomic mass is 16.2. The number of aliphatic hydroxyl groups excluding tert-OH is 1. The van der Waals surface area contributed by atoms with Gasteiger partial charge in [0, 0.05) is 18.8 Å². The van der Waals surface area contributed by atoms with Crippen LogP contribution in [0.4, 0.5) is 5.69 Å². The van der Waals surface area contributed by atoms with Crippen LogP contribution < -0.4 is 11.1 Å². The summed E-state index contributed by atoms with van der Waals surface area (Å²) in [6.45, 7) is 0.785. The molecule has 0 atom stereocenters. The number of nitrogens with one attached hydrogen (secondary N) is 1. The van der Waals surface area contributed by atoms with Gasteiger partial charge >= 0.3 is 0 Å². The number of unbranched alkanes of at least 4 members (excludes halogenated alkanes) is 1. The molecule has 4 heteroatoms. The van der Waals surface area contributed by atoms with Crippen LogP contribution in [0.25, 0.3) is 0 Å². The fraction of sp³-hybridized carbons (Fsp3) is 0.417. The Balaban J connectivity index is 2.29. The molecule has 4 nitrogen and oxygen atoms in total. The highest BCUT2D eigenvalue weighted by Gasteiger charge is 2.02. The van der Waals surface area contributed by atoms with Crippen molar-refractivity contribution in [3.8, 4) is 0 Å². The van der Waals surface area contributed by atoms with E-state index < -0.39 is 0 Å². The molecule has 0 spiro atoms. The molecule has 0 aliphatic carbocycles. The van der Waals surface area contributed by atoms with E-state index in [1.54, 1.807) is 12.1 Å². The molecular formula is C12H18N2O2. The van der Waals surface area contributed by atoms with Gasteiger partial charge in [-0.1, -0.05) is 12.1 Å². The second kappa shape index (κ2) is 6.85. The first kappa shape index (κ1) is 12.5. The van der Waals surface area contributed by atoms with E-state index >= 15 is 0 Å². The van der Waals surface area contributed by atoms with Crippen LogP contribution in [-0.2, 0) is 11.2 Å². The van der Waals surface area contributed by atoms with Crippen molar-refractivity contribution in [1.82, 2.24) is 5.32 Å². The average Bonchev–Trinajstić information content (AvgIpc) is 2.24. The van der Waals surface area contributed by atoms with E-state index in [-0.39, 0.29) is 12.5 Å². The van der Waals surface area contributed by atoms with Gasteiger partial charge < -0.3 is 16.2 Å². The maximum absolute atomic E-state index is 11.5. The maximum atomic E-state index is 11.5. The summed E-state index contributed by atoms with van der Waals surface area (Å²) in [7, 11) is 0. The predicted molar refractivity (Wildman–Crippen MR) is 63.9 cm³/mol. The number of nitrogens with two attached hydrogens (primary N) is 1. The molecule has 0 heterocycles. The Bertz CT molecular complexity index is 340. The van der Waals surface area contributed by atoms with E-state index in [9.17, 15) is 4.79 Å². The third-order valence-corrected chi connectivity index (χ3v) is 2.22. The molecule has 88 valence electrons. The third kappa shape index (κ3) is 4.79. The molecule has 1 aromatic rings. The van der Waals surface area contributed by atoms with Crippen molar-refractivity contribution < 1.29 is 9.90 Å². The zero-order valence-corrected chi connectivity index (χ0v) is 9.28. The maximum Gasteiger partial charge on any atom is 0.224 e. The van der Waals surface area contributed by atoms with Crippen molar-refractivity contribution in [2.45, 2.75) is 19.3 Å². The number of hydrogen-bond donors (Lipinski definition) is 3. The van der Waals surface area contributed by atoms with Gasteiger partial charge in [-0.15, -0.1) is 0 Å². The van der Waals surface area contributed by atoms with E-state index in [0.29, 0.717) is 18.7 Å². The number of amides is 1. The quantitative estimate of drug-likeness (QED) is 0.490. The van der Waals surface area contributed by atoms with Crippen molar-refractivity contribution >= 4 is 11.6 Å². The molecule has 0 fully saturated rings. The Morgan fingerprint density at radius 2 is 2.19 bits per heavy atom. The van der Waals surface area contributed by atoms with Gasteiger partial charge in [-0.3, -0.25) is 4.79 Å². The Labute approximate surface area is 95.5 Å². The standard InChI is InChI=1S/C12H18N2O2/c13-11-5-3-4-10(8-11)9-12(16)14-6-1-2-7-15/h3-5,8,15H,1-2,6-7,9,13H2,(H,14,16). The molecule has 0 radical (unpaired) electrons. The number of benzene rings is 1. The third-order valence-electron chi connectivity index (χ3n) is 2.22. The fourth-order valence-electron chi connectivity index (χ4n) is 1.42. The van der Waals surface area contributed by atoms with Crippen LogP contribution in [0.2, 0.25) is 0 Å². The van der Waals surface area contributed by atoms with Crippen molar-refractivity contribution in [3.63, 3.8) is 0 Å². The summed E-state index contributed by atoms with van der Waals surface area (Å²) < 4.78 is 0. The molecule has 4 N–H and O–H groups in total. The summed E-state index contributed by atoms with van der Waals surface area (Å²) in [4.78, 5) is 11.5. The van der Waals surface area contributed by atoms with Gasteiger partial charge in [0.25, 0.3) is 0 Å². The molecular weight excluding hydrogens is 204 g/mol. The summed E-state index contributed by atoms with van der Waals surface area (Å²) in [5.41, 5.74) is 7.20. The predicted octanol–water partition coefficient (Wildman–Crippen LogP) is 0.700. The number of aliphatic hydroxyl groups is 1. The van der Waals surface area contributed by atoms with Crippen LogP contribution in [0.1, 0.15) is 18.4 Å². The van der Waals surface area contributed by atoms with Gasteiger partial charge in [0.1, 0.15) is 0 Å². The average molecular weight is 222 g/mol. The van der Waals surface area contributed by atoms with Crippen LogP contribution in [0, 0.1) is 0 Å². The van der Waals surface area contributed by atoms with Crippen LogP contribution in [0.3, 0.4) is 0 Å². The van der Waals surface area contributed by atoms with Crippen molar-refractivity contribution in [1.29, 1.82) is 0 Å². The van der Waals surface area contributed by atoms with Crippen molar-refractivity contribution in [3.05, 3.63) is 29.8 Å². The van der Waals surface area contributed by atoms with Crippen LogP contribution >= 0.6 is 0 Å². The number of rotatable bonds is 6. The lowest BCUT2D eigenvalue weighted by Crippen LogP contribution is -2.26. The molecule has 16 heavy (non-hydrogen) atoms. The zero-order valence-electron chi connectivity index (χ0n) is 9.28. The largest absolute Gasteiger partial charge is 0.399 e. The van der Waals surface area contributed by atoms with Gasteiger partial charge in [0.15, 0.2) is 0 Å². The van der Waals surface area contributed by atoms with Crippen molar-refractivity contribution in [2.24, 2.45) is 0 Å². The normalized spacial score (nSPS) is 10.1. The second-order valence-corrected chi connectivity index (χ2v) is 3.70. The number of nitrogen functional groups attached to an aromatic ring is 1. The number of carbonyl (C=O) groups excluding carboxylic acids is 1. The minimum Gasteiger partial charge on any atom is -0.399 e. The molecule has 0 bridgehead atoms. The topological polar surface area (TPSA) is 75.4 Å². The van der Waals surface area contributed by atoms with E-state index in [2.05, 4.69) is 5.32 Å². The minimum atomic E-state index is -0.0106. The molecule has 0 saturated carbocycles. The van der Waals surface area contributed by atoms with E-state index in [0.717, 1.165) is 18.4 Å². The highest BCUT2D eigenvalue weighted by Crippen LogP contribution is 2.06. The molecule has 0 saturated heterocycles. The van der Waals surface area contributed by atoms with Gasteiger partial charge in [-0.25, -0.2) is 0 Å². The van der Waals surface area contributed by atoms with Crippen LogP contribution in [0.15, 0.2) is 24.3 Å². The first-order valence-electron chi connectivity index (χ1n) is 5.44. The smallest absolute Gasteiger partial charge is 0.224 e. The van der Waals surface area contributed by atoms with Crippen molar-refractivity contribution in [2.75, 3.05) is 18.9 Å². The highest BCUT2D eigenvalue weighted by molar-refractivity contribution is 5.78. The Kier molecular flexibility index (Phi) is 5.36. The zero-order chi connectivity index (χ0) is 11.8. The van der Waals surface area contributed by atoms with E-state index in [1.165, 1.54) is 0 Å². The summed E-state index contributed by atoms with van der Waals surface area (Å²) in [5.74, 6) is -0.0106. The van der Waals surface area contributed by atoms with Crippen LogP contribution in [-0.4, -0.2) is 24.2 Å². The molecule has 0 aliphatic heterocycles. The van der Waals surface area contributed by atoms with E-state index in [1.807, 2.05) is 12.1 Å². The van der Waals surface area contributed by atoms with Crippen LogP contribution in [0.5, 0.6) is 0 Å². The molecule has 1 rings (SSSR count). The lowest BCUT2D eigenvalue weighted by molar-refractivity contribution is -0.120. The Morgan fingerprint density at radius 1 is 1.38 bits per heavy atom. The Hall–Kier alpha value is -1.55. The monoisotopic (exact) mass is 222 g/mol. The molecule has 1 amide bonds. The van der Waals surface area contributed by atoms with Gasteiger partial charge in [0.2, 0.25) is 5.91 Å². The summed E-state index contributed by atoms with van der Waals surface area (Å²) >= 11 is 0. The SMILES string of the molecule is Nc1cccc(CC(=O)NCCCCO)c1. The lowest BCUT2D eigenvalue weighted by Gasteiger charge is -2.05. The molecule has 0 unspecified atom stereocenters. The first-order chi connectivity index (χ1) is 7.72. The van der Waals surface area contributed by atoms with Gasteiger partial charge in [-0.05, 0) is 30.5 Å². The molecule has 0 aromatic heterocycles. The number of carbonyl (C=O) groups is 1. The lowest BCUT2D eigenvalue weighted by atomic mass is 10.1. The van der Waals surface area contributed by atoms with Gasteiger partial charge in [0.05, 0.1) is 6.42 Å². The van der Waals surface area contributed by atoms with Gasteiger partial charge in [-0.2, -0.15) is 0 Å². The second-order valence-electron chi connectivity index (χ2n) is 3.70. The summed E-state index contributed by atoms with van der Waals surface area (Å²) in [5, 5.41) is 11.4. The number of anilines is 1. The summed E-state index contributed by atoms with van der Waals surface area (Å²) in [6, 6.07) is 7.31. The molecule has 1 aromatic carbocycles. The fourth-order valence-corrected chi connectivity index (χ4v) is 1.42. The Morgan fingerprint density at radius 3 is 2.88 bits per heavy atom. The first-order valence-corrected chi connectivity index (χ1v) is 5.44. The number of hydrogen-bond acceptors (Lipinski definition) is 3. The summed E-state index contributed by atoms with van der Waals surface area (Å²) in [6.07, 6.45) is 1.88.